The van der Waals surface area contributed by atoms with Gasteiger partial charge in [0.1, 0.15) is 35.7 Å². The SMILES string of the molecule is C=CCOC12Oc3ccc(OCCN4CC4)cc3C3C(CCCCO)C(CCCCO)C=C(C(=NOC4CCCCO4)CC1N(Cc1ccc(F)cc1)C(=O)Oc1ccc([N+](=O)[O-])cc1)C32. The van der Waals surface area contributed by atoms with Gasteiger partial charge in [0.15, 0.2) is 0 Å². The van der Waals surface area contributed by atoms with E-state index in [0.717, 1.165) is 69.3 Å². The predicted molar refractivity (Wildman–Crippen MR) is 243 cm³/mol. The van der Waals surface area contributed by atoms with Crippen molar-refractivity contribution in [1.82, 2.24) is 9.80 Å². The summed E-state index contributed by atoms with van der Waals surface area (Å²) in [5, 5.41) is 36.4. The topological polar surface area (TPSA) is 175 Å². The second-order valence-electron chi connectivity index (χ2n) is 17.7. The number of nitro groups is 1. The molecule has 0 aromatic heterocycles. The molecule has 2 saturated heterocycles. The van der Waals surface area contributed by atoms with Crippen molar-refractivity contribution in [2.45, 2.75) is 94.8 Å². The molecule has 1 amide bonds. The molecule has 3 aromatic rings. The van der Waals surface area contributed by atoms with E-state index in [1.807, 2.05) is 12.1 Å². The van der Waals surface area contributed by atoms with Crippen LogP contribution in [-0.2, 0) is 20.9 Å². The summed E-state index contributed by atoms with van der Waals surface area (Å²) in [5.41, 5.74) is 2.78. The number of non-ortho nitro benzene ring substituents is 1. The van der Waals surface area contributed by atoms with Gasteiger partial charge in [0.2, 0.25) is 12.1 Å². The number of amides is 1. The van der Waals surface area contributed by atoms with E-state index in [9.17, 15) is 24.7 Å². The van der Waals surface area contributed by atoms with Crippen LogP contribution >= 0.6 is 0 Å². The van der Waals surface area contributed by atoms with E-state index in [2.05, 4.69) is 23.6 Å². The molecule has 354 valence electrons. The first-order valence-corrected chi connectivity index (χ1v) is 23.4. The Hall–Kier alpha value is -5.39. The zero-order chi connectivity index (χ0) is 46.0. The number of allylic oxidation sites excluding steroid dienone is 1. The van der Waals surface area contributed by atoms with Gasteiger partial charge in [0.05, 0.1) is 29.8 Å². The summed E-state index contributed by atoms with van der Waals surface area (Å²) in [6.07, 6.45) is 9.40. The lowest BCUT2D eigenvalue weighted by atomic mass is 9.55. The summed E-state index contributed by atoms with van der Waals surface area (Å²) in [5.74, 6) is -1.65. The lowest BCUT2D eigenvalue weighted by molar-refractivity contribution is -0.384. The molecule has 0 radical (unpaired) electrons. The molecule has 3 aromatic carbocycles. The van der Waals surface area contributed by atoms with Crippen molar-refractivity contribution >= 4 is 17.5 Å². The van der Waals surface area contributed by atoms with E-state index in [-0.39, 0.29) is 62.0 Å². The van der Waals surface area contributed by atoms with Crippen molar-refractivity contribution in [2.24, 2.45) is 22.9 Å². The molecule has 7 unspecified atom stereocenters. The fraction of sp³-hybridized carbons (Fsp3) is 0.520. The number of benzene rings is 3. The number of ether oxygens (including phenoxy) is 5. The molecule has 8 rings (SSSR count). The minimum atomic E-state index is -1.61. The fourth-order valence-corrected chi connectivity index (χ4v) is 10.1. The number of carbonyl (C=O) groups excluding carboxylic acids is 1. The van der Waals surface area contributed by atoms with E-state index < -0.39 is 40.9 Å². The van der Waals surface area contributed by atoms with Crippen LogP contribution < -0.4 is 14.2 Å². The fourth-order valence-electron chi connectivity index (χ4n) is 10.1. The maximum absolute atomic E-state index is 15.0. The van der Waals surface area contributed by atoms with Crippen molar-refractivity contribution in [3.63, 3.8) is 0 Å². The van der Waals surface area contributed by atoms with Crippen molar-refractivity contribution < 1.29 is 52.8 Å². The van der Waals surface area contributed by atoms with Crippen molar-refractivity contribution in [1.29, 1.82) is 0 Å². The maximum Gasteiger partial charge on any atom is 0.416 e. The molecule has 2 N–H and O–H groups in total. The van der Waals surface area contributed by atoms with Crippen LogP contribution in [0.5, 0.6) is 17.2 Å². The number of rotatable bonds is 22. The van der Waals surface area contributed by atoms with Crippen LogP contribution in [0.25, 0.3) is 0 Å². The number of aliphatic hydroxyl groups excluding tert-OH is 2. The number of unbranched alkanes of at least 4 members (excludes halogenated alkanes) is 2. The molecule has 1 saturated carbocycles. The van der Waals surface area contributed by atoms with E-state index in [0.29, 0.717) is 55.3 Å². The second kappa shape index (κ2) is 21.9. The summed E-state index contributed by atoms with van der Waals surface area (Å²) in [7, 11) is 0. The van der Waals surface area contributed by atoms with Crippen LogP contribution in [0.1, 0.15) is 81.3 Å². The van der Waals surface area contributed by atoms with Gasteiger partial charge in [-0.3, -0.25) is 19.9 Å². The number of nitrogens with zero attached hydrogens (tertiary/aromatic N) is 4. The van der Waals surface area contributed by atoms with Crippen LogP contribution in [0.15, 0.2) is 96.2 Å². The Labute approximate surface area is 384 Å². The summed E-state index contributed by atoms with van der Waals surface area (Å²) >= 11 is 0. The number of aliphatic hydroxyl groups is 2. The molecule has 3 fully saturated rings. The number of carbonyl (C=O) groups is 1. The molecule has 5 aliphatic rings. The van der Waals surface area contributed by atoms with Gasteiger partial charge in [-0.05, 0) is 104 Å². The van der Waals surface area contributed by atoms with Gasteiger partial charge in [-0.2, -0.15) is 0 Å². The first-order valence-electron chi connectivity index (χ1n) is 23.4. The Morgan fingerprint density at radius 3 is 2.47 bits per heavy atom. The van der Waals surface area contributed by atoms with Gasteiger partial charge in [0, 0.05) is 75.8 Å². The first kappa shape index (κ1) is 47.1. The number of halogens is 1. The van der Waals surface area contributed by atoms with Gasteiger partial charge < -0.3 is 38.7 Å². The second-order valence-corrected chi connectivity index (χ2v) is 17.7. The molecule has 0 bridgehead atoms. The molecule has 0 spiro atoms. The monoisotopic (exact) mass is 912 g/mol. The number of hydrogen-bond acceptors (Lipinski definition) is 13. The number of oxime groups is 1. The van der Waals surface area contributed by atoms with Gasteiger partial charge in [0.25, 0.3) is 5.69 Å². The van der Waals surface area contributed by atoms with Gasteiger partial charge in [-0.15, -0.1) is 6.58 Å². The number of fused-ring (bicyclic) bond motifs is 2. The Morgan fingerprint density at radius 1 is 1.02 bits per heavy atom. The van der Waals surface area contributed by atoms with E-state index >= 15 is 4.79 Å². The minimum absolute atomic E-state index is 0.0110. The van der Waals surface area contributed by atoms with Crippen molar-refractivity contribution in [3.8, 4) is 17.2 Å². The van der Waals surface area contributed by atoms with Crippen LogP contribution in [0.4, 0.5) is 14.9 Å². The van der Waals surface area contributed by atoms with E-state index in [1.165, 1.54) is 41.3 Å². The van der Waals surface area contributed by atoms with Crippen LogP contribution in [0.2, 0.25) is 0 Å². The maximum atomic E-state index is 15.0. The van der Waals surface area contributed by atoms with E-state index in [4.69, 9.17) is 33.7 Å². The Morgan fingerprint density at radius 2 is 1.77 bits per heavy atom. The average Bonchev–Trinajstić information content (AvgIpc) is 4.16. The molecular formula is C50H61FN4O11. The highest BCUT2D eigenvalue weighted by Crippen LogP contribution is 2.62. The smallest absolute Gasteiger partial charge is 0.416 e. The highest BCUT2D eigenvalue weighted by molar-refractivity contribution is 6.03. The summed E-state index contributed by atoms with van der Waals surface area (Å²) in [6, 6.07) is 16.0. The predicted octanol–water partition coefficient (Wildman–Crippen LogP) is 8.29. The Bertz CT molecular complexity index is 2200. The lowest BCUT2D eigenvalue weighted by Gasteiger charge is -2.59. The number of nitro benzene ring substituents is 1. The average molecular weight is 913 g/mol. The molecular weight excluding hydrogens is 852 g/mol. The van der Waals surface area contributed by atoms with E-state index in [1.54, 1.807) is 18.2 Å². The summed E-state index contributed by atoms with van der Waals surface area (Å²) in [6.45, 7) is 8.09. The van der Waals surface area contributed by atoms with Crippen molar-refractivity contribution in [3.05, 3.63) is 118 Å². The Balaban J connectivity index is 1.31. The quantitative estimate of drug-likeness (QED) is 0.0325. The standard InChI is InChI=1S/C50H61FN4O11/c1-2-27-63-50-45(54(33-34-12-14-36(51)15-13-34)49(58)64-38-18-16-37(17-19-38)55(59)60)32-43(52-66-46-11-5-8-28-62-46)41-30-35(9-3-6-25-56)40(10-4-7-26-57)47(48(41)50)42-31-39(20-21-44(42)65-50)61-29-24-53-22-23-53/h2,12-21,30-31,35,40,45-48,56-57H,1,3-11,22-29,32-33H2. The third kappa shape index (κ3) is 10.9. The lowest BCUT2D eigenvalue weighted by Crippen LogP contribution is -2.70. The van der Waals surface area contributed by atoms with Crippen LogP contribution in [0.3, 0.4) is 0 Å². The van der Waals surface area contributed by atoms with Gasteiger partial charge in [-0.25, -0.2) is 9.18 Å². The normalized spacial score (nSPS) is 26.0. The molecule has 16 heteroatoms. The molecule has 2 aliphatic carbocycles. The minimum Gasteiger partial charge on any atom is -0.492 e. The van der Waals surface area contributed by atoms with Gasteiger partial charge in [-0.1, -0.05) is 42.3 Å². The van der Waals surface area contributed by atoms with Crippen molar-refractivity contribution in [2.75, 3.05) is 52.7 Å². The third-order valence-electron chi connectivity index (χ3n) is 13.4. The summed E-state index contributed by atoms with van der Waals surface area (Å²) in [4.78, 5) is 36.1. The highest BCUT2D eigenvalue weighted by Gasteiger charge is 2.66. The molecule has 15 nitrogen and oxygen atoms in total. The first-order chi connectivity index (χ1) is 32.2. The number of hydrogen-bond donors (Lipinski definition) is 2. The van der Waals surface area contributed by atoms with Crippen LogP contribution in [-0.4, -0.2) is 108 Å². The van der Waals surface area contributed by atoms with Crippen LogP contribution in [0, 0.1) is 33.7 Å². The molecule has 7 atom stereocenters. The molecule has 3 aliphatic heterocycles. The largest absolute Gasteiger partial charge is 0.492 e. The zero-order valence-electron chi connectivity index (χ0n) is 37.3. The third-order valence-corrected chi connectivity index (χ3v) is 13.4. The zero-order valence-corrected chi connectivity index (χ0v) is 37.3. The molecule has 66 heavy (non-hydrogen) atoms. The van der Waals surface area contributed by atoms with Gasteiger partial charge >= 0.3 is 6.09 Å². The Kier molecular flexibility index (Phi) is 15.7. The molecule has 3 heterocycles. The highest BCUT2D eigenvalue weighted by atomic mass is 19.1. The summed E-state index contributed by atoms with van der Waals surface area (Å²) < 4.78 is 47.3.